The van der Waals surface area contributed by atoms with E-state index < -0.39 is 0 Å². The van der Waals surface area contributed by atoms with Gasteiger partial charge >= 0.3 is 0 Å². The van der Waals surface area contributed by atoms with E-state index >= 15 is 0 Å². The second kappa shape index (κ2) is 5.78. The normalized spacial score (nSPS) is 10.8. The minimum Gasteiger partial charge on any atom is -0.310 e. The highest BCUT2D eigenvalue weighted by Gasteiger charge is 2.08. The predicted molar refractivity (Wildman–Crippen MR) is 72.8 cm³/mol. The fourth-order valence-electron chi connectivity index (χ4n) is 2.01. The van der Waals surface area contributed by atoms with Crippen LogP contribution in [-0.4, -0.2) is 21.3 Å². The summed E-state index contributed by atoms with van der Waals surface area (Å²) in [6.07, 6.45) is 2.74. The molecule has 96 valence electrons. The fraction of sp³-hybridized carbons (Fsp3) is 0.429. The molecule has 1 aromatic carbocycles. The van der Waals surface area contributed by atoms with Gasteiger partial charge in [0.15, 0.2) is 0 Å². The maximum absolute atomic E-state index is 4.32. The highest BCUT2D eigenvalue weighted by Crippen LogP contribution is 2.15. The van der Waals surface area contributed by atoms with Gasteiger partial charge in [0, 0.05) is 0 Å². The van der Waals surface area contributed by atoms with Gasteiger partial charge in [-0.25, -0.2) is 9.67 Å². The Bertz CT molecular complexity index is 516. The average molecular weight is 244 g/mol. The summed E-state index contributed by atoms with van der Waals surface area (Å²) in [6, 6.07) is 6.37. The number of nitrogens with zero attached hydrogens (tertiary/aromatic N) is 3. The third-order valence-electron chi connectivity index (χ3n) is 2.91. The van der Waals surface area contributed by atoms with E-state index in [2.05, 4.69) is 54.4 Å². The van der Waals surface area contributed by atoms with Crippen LogP contribution in [0.2, 0.25) is 0 Å². The summed E-state index contributed by atoms with van der Waals surface area (Å²) in [5.41, 5.74) is 3.59. The maximum Gasteiger partial charge on any atom is 0.146 e. The lowest BCUT2D eigenvalue weighted by Gasteiger charge is -2.10. The van der Waals surface area contributed by atoms with Gasteiger partial charge in [0.25, 0.3) is 0 Å². The quantitative estimate of drug-likeness (QED) is 0.821. The van der Waals surface area contributed by atoms with Crippen molar-refractivity contribution in [2.24, 2.45) is 0 Å². The molecular formula is C14H20N4. The second-order valence-corrected chi connectivity index (χ2v) is 4.55. The molecular weight excluding hydrogens is 224 g/mol. The number of hydrogen-bond acceptors (Lipinski definition) is 3. The lowest BCUT2D eigenvalue weighted by Crippen LogP contribution is -2.18. The molecule has 1 aromatic heterocycles. The van der Waals surface area contributed by atoms with Crippen molar-refractivity contribution in [3.8, 4) is 5.69 Å². The molecule has 0 unspecified atom stereocenters. The van der Waals surface area contributed by atoms with E-state index in [-0.39, 0.29) is 0 Å². The van der Waals surface area contributed by atoms with Crippen LogP contribution in [-0.2, 0) is 6.54 Å². The minimum atomic E-state index is 0.751. The maximum atomic E-state index is 4.32. The molecule has 1 heterocycles. The molecule has 0 fully saturated rings. The van der Waals surface area contributed by atoms with Gasteiger partial charge in [-0.15, -0.1) is 0 Å². The Balaban J connectivity index is 2.25. The third-order valence-corrected chi connectivity index (χ3v) is 2.91. The first-order valence-electron chi connectivity index (χ1n) is 6.39. The number of rotatable bonds is 5. The van der Waals surface area contributed by atoms with Crippen LogP contribution in [0.5, 0.6) is 0 Å². The monoisotopic (exact) mass is 244 g/mol. The van der Waals surface area contributed by atoms with Crippen molar-refractivity contribution in [2.75, 3.05) is 6.54 Å². The largest absolute Gasteiger partial charge is 0.310 e. The summed E-state index contributed by atoms with van der Waals surface area (Å²) in [5, 5.41) is 7.68. The van der Waals surface area contributed by atoms with Crippen molar-refractivity contribution in [3.63, 3.8) is 0 Å². The van der Waals surface area contributed by atoms with Gasteiger partial charge in [-0.1, -0.05) is 24.6 Å². The SMILES string of the molecule is CCCNCc1ncnn1-c1ccc(C)cc1C. The second-order valence-electron chi connectivity index (χ2n) is 4.55. The average Bonchev–Trinajstić information content (AvgIpc) is 2.78. The number of aryl methyl sites for hydroxylation is 2. The van der Waals surface area contributed by atoms with Gasteiger partial charge in [-0.3, -0.25) is 0 Å². The van der Waals surface area contributed by atoms with Crippen molar-refractivity contribution in [2.45, 2.75) is 33.7 Å². The van der Waals surface area contributed by atoms with Gasteiger partial charge in [0.1, 0.15) is 12.2 Å². The molecule has 0 aliphatic carbocycles. The van der Waals surface area contributed by atoms with Crippen molar-refractivity contribution < 1.29 is 0 Å². The number of hydrogen-bond donors (Lipinski definition) is 1. The van der Waals surface area contributed by atoms with Crippen LogP contribution < -0.4 is 5.32 Å². The van der Waals surface area contributed by atoms with Gasteiger partial charge < -0.3 is 5.32 Å². The molecule has 1 N–H and O–H groups in total. The van der Waals surface area contributed by atoms with Gasteiger partial charge in [-0.2, -0.15) is 5.10 Å². The lowest BCUT2D eigenvalue weighted by atomic mass is 10.1. The Labute approximate surface area is 108 Å². The minimum absolute atomic E-state index is 0.751. The van der Waals surface area contributed by atoms with Gasteiger partial charge in [0.05, 0.1) is 12.2 Å². The van der Waals surface area contributed by atoms with Crippen LogP contribution in [0.3, 0.4) is 0 Å². The Kier molecular flexibility index (Phi) is 4.10. The molecule has 0 radical (unpaired) electrons. The predicted octanol–water partition coefficient (Wildman–Crippen LogP) is 2.38. The Morgan fingerprint density at radius 3 is 2.83 bits per heavy atom. The molecule has 2 rings (SSSR count). The number of benzene rings is 1. The van der Waals surface area contributed by atoms with Crippen molar-refractivity contribution in [1.82, 2.24) is 20.1 Å². The molecule has 4 heteroatoms. The van der Waals surface area contributed by atoms with Crippen LogP contribution >= 0.6 is 0 Å². The zero-order valence-corrected chi connectivity index (χ0v) is 11.3. The van der Waals surface area contributed by atoms with E-state index in [9.17, 15) is 0 Å². The molecule has 0 amide bonds. The Morgan fingerprint density at radius 2 is 2.11 bits per heavy atom. The van der Waals surface area contributed by atoms with E-state index in [0.717, 1.165) is 31.0 Å². The summed E-state index contributed by atoms with van der Waals surface area (Å²) in [6.45, 7) is 8.11. The van der Waals surface area contributed by atoms with E-state index in [0.29, 0.717) is 0 Å². The summed E-state index contributed by atoms with van der Waals surface area (Å²) < 4.78 is 1.91. The van der Waals surface area contributed by atoms with E-state index in [1.807, 2.05) is 4.68 Å². The zero-order valence-electron chi connectivity index (χ0n) is 11.3. The molecule has 0 spiro atoms. The van der Waals surface area contributed by atoms with Gasteiger partial charge in [-0.05, 0) is 38.4 Å². The highest BCUT2D eigenvalue weighted by molar-refractivity contribution is 5.42. The molecule has 0 atom stereocenters. The first-order valence-corrected chi connectivity index (χ1v) is 6.39. The molecule has 2 aromatic rings. The smallest absolute Gasteiger partial charge is 0.146 e. The number of aromatic nitrogens is 3. The molecule has 0 aliphatic heterocycles. The van der Waals surface area contributed by atoms with Gasteiger partial charge in [0.2, 0.25) is 0 Å². The van der Waals surface area contributed by atoms with Crippen LogP contribution in [0.15, 0.2) is 24.5 Å². The molecule has 0 aliphatic rings. The summed E-state index contributed by atoms with van der Waals surface area (Å²) in [7, 11) is 0. The van der Waals surface area contributed by atoms with Crippen molar-refractivity contribution in [1.29, 1.82) is 0 Å². The molecule has 18 heavy (non-hydrogen) atoms. The Morgan fingerprint density at radius 1 is 1.28 bits per heavy atom. The molecule has 0 saturated carbocycles. The lowest BCUT2D eigenvalue weighted by molar-refractivity contribution is 0.632. The zero-order chi connectivity index (χ0) is 13.0. The van der Waals surface area contributed by atoms with Crippen molar-refractivity contribution >= 4 is 0 Å². The van der Waals surface area contributed by atoms with Crippen LogP contribution in [0, 0.1) is 13.8 Å². The standard InChI is InChI=1S/C14H20N4/c1-4-7-15-9-14-16-10-17-18(14)13-6-5-11(2)8-12(13)3/h5-6,8,10,15H,4,7,9H2,1-3H3. The van der Waals surface area contributed by atoms with Crippen LogP contribution in [0.4, 0.5) is 0 Å². The molecule has 0 bridgehead atoms. The van der Waals surface area contributed by atoms with Crippen molar-refractivity contribution in [3.05, 3.63) is 41.5 Å². The first-order chi connectivity index (χ1) is 8.72. The van der Waals surface area contributed by atoms with E-state index in [1.54, 1.807) is 6.33 Å². The third kappa shape index (κ3) is 2.76. The first kappa shape index (κ1) is 12.8. The number of nitrogens with one attached hydrogen (secondary N) is 1. The topological polar surface area (TPSA) is 42.7 Å². The summed E-state index contributed by atoms with van der Waals surface area (Å²) in [4.78, 5) is 4.32. The molecule has 0 saturated heterocycles. The van der Waals surface area contributed by atoms with Crippen LogP contribution in [0.25, 0.3) is 5.69 Å². The van der Waals surface area contributed by atoms with E-state index in [4.69, 9.17) is 0 Å². The van der Waals surface area contributed by atoms with E-state index in [1.165, 1.54) is 11.1 Å². The summed E-state index contributed by atoms with van der Waals surface area (Å²) >= 11 is 0. The van der Waals surface area contributed by atoms with Crippen LogP contribution in [0.1, 0.15) is 30.3 Å². The molecule has 4 nitrogen and oxygen atoms in total. The highest BCUT2D eigenvalue weighted by atomic mass is 15.3. The Hall–Kier alpha value is -1.68. The summed E-state index contributed by atoms with van der Waals surface area (Å²) in [5.74, 6) is 0.954. The fourth-order valence-corrected chi connectivity index (χ4v) is 2.01.